The molecule has 0 radical (unpaired) electrons. The fraction of sp³-hybridized carbons (Fsp3) is 0.154. The molecule has 0 aliphatic heterocycles. The fourth-order valence-corrected chi connectivity index (χ4v) is 1.62. The van der Waals surface area contributed by atoms with Gasteiger partial charge in [-0.3, -0.25) is 0 Å². The average molecular weight is 249 g/mol. The van der Waals surface area contributed by atoms with Crippen LogP contribution in [0.25, 0.3) is 0 Å². The van der Waals surface area contributed by atoms with E-state index in [2.05, 4.69) is 5.32 Å². The van der Waals surface area contributed by atoms with Gasteiger partial charge in [-0.15, -0.1) is 0 Å². The highest BCUT2D eigenvalue weighted by Crippen LogP contribution is 2.20. The number of rotatable bonds is 4. The SMILES string of the molecule is Cc1cccc(F)c1NCc1ccc(C(=O)O)o1. The summed E-state index contributed by atoms with van der Waals surface area (Å²) < 4.78 is 18.6. The molecule has 0 bridgehead atoms. The molecule has 0 aliphatic rings. The van der Waals surface area contributed by atoms with Crippen molar-refractivity contribution >= 4 is 11.7 Å². The summed E-state index contributed by atoms with van der Waals surface area (Å²) in [5.74, 6) is -1.16. The maximum absolute atomic E-state index is 13.5. The number of carbonyl (C=O) groups is 1. The molecule has 1 aromatic carbocycles. The van der Waals surface area contributed by atoms with E-state index in [1.807, 2.05) is 0 Å². The summed E-state index contributed by atoms with van der Waals surface area (Å²) in [4.78, 5) is 10.6. The highest BCUT2D eigenvalue weighted by atomic mass is 19.1. The van der Waals surface area contributed by atoms with Crippen molar-refractivity contribution in [1.82, 2.24) is 0 Å². The minimum Gasteiger partial charge on any atom is -0.475 e. The van der Waals surface area contributed by atoms with E-state index in [4.69, 9.17) is 9.52 Å². The third-order valence-electron chi connectivity index (χ3n) is 2.53. The Bertz CT molecular complexity index is 557. The van der Waals surface area contributed by atoms with Crippen LogP contribution in [0, 0.1) is 12.7 Å². The minimum absolute atomic E-state index is 0.128. The van der Waals surface area contributed by atoms with E-state index in [0.717, 1.165) is 5.56 Å². The van der Waals surface area contributed by atoms with Crippen molar-refractivity contribution in [1.29, 1.82) is 0 Å². The van der Waals surface area contributed by atoms with Gasteiger partial charge in [0.15, 0.2) is 0 Å². The number of anilines is 1. The van der Waals surface area contributed by atoms with Gasteiger partial charge in [-0.1, -0.05) is 12.1 Å². The third kappa shape index (κ3) is 2.51. The van der Waals surface area contributed by atoms with Crippen LogP contribution >= 0.6 is 0 Å². The lowest BCUT2D eigenvalue weighted by molar-refractivity contribution is 0.0660. The third-order valence-corrected chi connectivity index (χ3v) is 2.53. The normalized spacial score (nSPS) is 10.3. The topological polar surface area (TPSA) is 62.5 Å². The Kier molecular flexibility index (Phi) is 3.32. The first-order valence-corrected chi connectivity index (χ1v) is 5.39. The summed E-state index contributed by atoms with van der Waals surface area (Å²) in [5, 5.41) is 11.6. The van der Waals surface area contributed by atoms with Crippen LogP contribution in [0.3, 0.4) is 0 Å². The van der Waals surface area contributed by atoms with Crippen molar-refractivity contribution < 1.29 is 18.7 Å². The van der Waals surface area contributed by atoms with Crippen molar-refractivity contribution in [2.24, 2.45) is 0 Å². The lowest BCUT2D eigenvalue weighted by Gasteiger charge is -2.08. The van der Waals surface area contributed by atoms with Gasteiger partial charge in [-0.2, -0.15) is 0 Å². The van der Waals surface area contributed by atoms with Crippen LogP contribution in [-0.4, -0.2) is 11.1 Å². The quantitative estimate of drug-likeness (QED) is 0.874. The Balaban J connectivity index is 2.09. The zero-order valence-electron chi connectivity index (χ0n) is 9.74. The number of carboxylic acid groups (broad SMARTS) is 1. The molecule has 2 N–H and O–H groups in total. The van der Waals surface area contributed by atoms with E-state index in [1.165, 1.54) is 12.1 Å². The van der Waals surface area contributed by atoms with Crippen molar-refractivity contribution in [3.05, 3.63) is 53.2 Å². The molecule has 0 unspecified atom stereocenters. The summed E-state index contributed by atoms with van der Waals surface area (Å²) in [6.45, 7) is 2.02. The van der Waals surface area contributed by atoms with Crippen molar-refractivity contribution in [3.63, 3.8) is 0 Å². The van der Waals surface area contributed by atoms with Crippen molar-refractivity contribution in [2.75, 3.05) is 5.32 Å². The number of para-hydroxylation sites is 1. The molecule has 4 nitrogen and oxygen atoms in total. The number of carboxylic acids is 1. The van der Waals surface area contributed by atoms with Crippen LogP contribution in [0.1, 0.15) is 21.9 Å². The van der Waals surface area contributed by atoms with E-state index in [0.29, 0.717) is 11.4 Å². The number of benzene rings is 1. The lowest BCUT2D eigenvalue weighted by Crippen LogP contribution is -2.02. The predicted octanol–water partition coefficient (Wildman–Crippen LogP) is 3.04. The Morgan fingerprint density at radius 2 is 2.17 bits per heavy atom. The molecule has 18 heavy (non-hydrogen) atoms. The molecular weight excluding hydrogens is 237 g/mol. The number of furan rings is 1. The zero-order valence-corrected chi connectivity index (χ0v) is 9.74. The summed E-state index contributed by atoms with van der Waals surface area (Å²) in [6.07, 6.45) is 0. The van der Waals surface area contributed by atoms with E-state index in [1.54, 1.807) is 25.1 Å². The second kappa shape index (κ2) is 4.91. The van der Waals surface area contributed by atoms with Crippen LogP contribution < -0.4 is 5.32 Å². The van der Waals surface area contributed by atoms with Crippen LogP contribution in [-0.2, 0) is 6.54 Å². The van der Waals surface area contributed by atoms with Crippen molar-refractivity contribution in [3.8, 4) is 0 Å². The highest BCUT2D eigenvalue weighted by molar-refractivity contribution is 5.84. The summed E-state index contributed by atoms with van der Waals surface area (Å²) in [6, 6.07) is 7.70. The number of hydrogen-bond acceptors (Lipinski definition) is 3. The molecule has 0 spiro atoms. The number of aryl methyl sites for hydroxylation is 1. The maximum atomic E-state index is 13.5. The fourth-order valence-electron chi connectivity index (χ4n) is 1.62. The molecule has 2 rings (SSSR count). The van der Waals surface area contributed by atoms with Gasteiger partial charge in [-0.05, 0) is 30.7 Å². The van der Waals surface area contributed by atoms with E-state index in [-0.39, 0.29) is 18.1 Å². The summed E-state index contributed by atoms with van der Waals surface area (Å²) in [5.41, 5.74) is 1.17. The smallest absolute Gasteiger partial charge is 0.371 e. The molecule has 0 amide bonds. The maximum Gasteiger partial charge on any atom is 0.371 e. The molecule has 5 heteroatoms. The molecule has 0 aliphatic carbocycles. The van der Waals surface area contributed by atoms with Gasteiger partial charge in [0.25, 0.3) is 0 Å². The van der Waals surface area contributed by atoms with Crippen LogP contribution in [0.5, 0.6) is 0 Å². The van der Waals surface area contributed by atoms with Gasteiger partial charge in [0.05, 0.1) is 12.2 Å². The van der Waals surface area contributed by atoms with Gasteiger partial charge < -0.3 is 14.8 Å². The zero-order chi connectivity index (χ0) is 13.1. The number of nitrogens with one attached hydrogen (secondary N) is 1. The monoisotopic (exact) mass is 249 g/mol. The number of halogens is 1. The van der Waals surface area contributed by atoms with E-state index in [9.17, 15) is 9.18 Å². The van der Waals surface area contributed by atoms with Crippen molar-refractivity contribution in [2.45, 2.75) is 13.5 Å². The Hall–Kier alpha value is -2.30. The van der Waals surface area contributed by atoms with Gasteiger partial charge in [0.2, 0.25) is 5.76 Å². The second-order valence-electron chi connectivity index (χ2n) is 3.86. The average Bonchev–Trinajstić information content (AvgIpc) is 2.77. The molecule has 94 valence electrons. The Morgan fingerprint density at radius 3 is 2.78 bits per heavy atom. The minimum atomic E-state index is -1.12. The summed E-state index contributed by atoms with van der Waals surface area (Å²) in [7, 11) is 0. The standard InChI is InChI=1S/C13H12FNO3/c1-8-3-2-4-10(14)12(8)15-7-9-5-6-11(18-9)13(16)17/h2-6,15H,7H2,1H3,(H,16,17). The first-order valence-electron chi connectivity index (χ1n) is 5.39. The molecule has 1 heterocycles. The van der Waals surface area contributed by atoms with Crippen LogP contribution in [0.15, 0.2) is 34.7 Å². The van der Waals surface area contributed by atoms with E-state index >= 15 is 0 Å². The first-order chi connectivity index (χ1) is 8.58. The van der Waals surface area contributed by atoms with E-state index < -0.39 is 5.97 Å². The number of aromatic carboxylic acids is 1. The molecule has 1 aromatic heterocycles. The summed E-state index contributed by atoms with van der Waals surface area (Å²) >= 11 is 0. The first kappa shape index (κ1) is 12.2. The van der Waals surface area contributed by atoms with Gasteiger partial charge in [0, 0.05) is 0 Å². The molecule has 2 aromatic rings. The Labute approximate surface area is 103 Å². The second-order valence-corrected chi connectivity index (χ2v) is 3.86. The molecule has 0 saturated carbocycles. The lowest BCUT2D eigenvalue weighted by atomic mass is 10.2. The van der Waals surface area contributed by atoms with Gasteiger partial charge >= 0.3 is 5.97 Å². The Morgan fingerprint density at radius 1 is 1.39 bits per heavy atom. The predicted molar refractivity (Wildman–Crippen MR) is 64.1 cm³/mol. The highest BCUT2D eigenvalue weighted by Gasteiger charge is 2.10. The van der Waals surface area contributed by atoms with Gasteiger partial charge in [0.1, 0.15) is 11.6 Å². The number of hydrogen-bond donors (Lipinski definition) is 2. The van der Waals surface area contributed by atoms with Crippen LogP contribution in [0.4, 0.5) is 10.1 Å². The van der Waals surface area contributed by atoms with Crippen LogP contribution in [0.2, 0.25) is 0 Å². The molecule has 0 fully saturated rings. The van der Waals surface area contributed by atoms with Gasteiger partial charge in [-0.25, -0.2) is 9.18 Å². The molecule has 0 atom stereocenters. The molecule has 0 saturated heterocycles. The largest absolute Gasteiger partial charge is 0.475 e. The molecular formula is C13H12FNO3.